The molecule has 0 saturated heterocycles. The summed E-state index contributed by atoms with van der Waals surface area (Å²) in [6.45, 7) is 0. The molecule has 0 aliphatic carbocycles. The van der Waals surface area contributed by atoms with Gasteiger partial charge >= 0.3 is 83.4 Å². The van der Waals surface area contributed by atoms with Crippen LogP contribution >= 0.6 is 11.6 Å². The van der Waals surface area contributed by atoms with E-state index in [1.54, 1.807) is 0 Å². The molecule has 0 saturated carbocycles. The predicted molar refractivity (Wildman–Crippen MR) is 48.1 cm³/mol. The number of non-ortho nitro benzene ring substituents is 1. The third kappa shape index (κ3) is 1.33. The standard InChI is InChI=1S/C6H2ClN3O2Se/c7-3-1-2-4(10(11)12)6-5(3)8-13-9-6/h1-2H. The predicted octanol–water partition coefficient (Wildman–Crippen LogP) is 1.25. The van der Waals surface area contributed by atoms with Gasteiger partial charge in [-0.1, -0.05) is 0 Å². The van der Waals surface area contributed by atoms with Crippen LogP contribution in [0.5, 0.6) is 0 Å². The van der Waals surface area contributed by atoms with E-state index in [1.165, 1.54) is 12.1 Å². The van der Waals surface area contributed by atoms with Gasteiger partial charge in [0.25, 0.3) is 0 Å². The van der Waals surface area contributed by atoms with Crippen molar-refractivity contribution in [2.24, 2.45) is 0 Å². The first kappa shape index (κ1) is 8.62. The molecule has 0 unspecified atom stereocenters. The molecule has 0 spiro atoms. The molecule has 66 valence electrons. The van der Waals surface area contributed by atoms with Crippen LogP contribution in [0, 0.1) is 10.1 Å². The zero-order chi connectivity index (χ0) is 9.42. The molecule has 0 fully saturated rings. The summed E-state index contributed by atoms with van der Waals surface area (Å²) in [6.07, 6.45) is 0. The van der Waals surface area contributed by atoms with Gasteiger partial charge in [-0.15, -0.1) is 0 Å². The zero-order valence-electron chi connectivity index (χ0n) is 6.10. The Balaban J connectivity index is 2.86. The molecular weight excluding hydrogens is 260 g/mol. The van der Waals surface area contributed by atoms with Crippen molar-refractivity contribution in [2.45, 2.75) is 0 Å². The molecule has 0 N–H and O–H groups in total. The molecule has 2 aromatic rings. The van der Waals surface area contributed by atoms with E-state index in [4.69, 9.17) is 11.6 Å². The Kier molecular flexibility index (Phi) is 2.03. The summed E-state index contributed by atoms with van der Waals surface area (Å²) in [4.78, 5) is 10.1. The number of fused-ring (bicyclic) bond motifs is 1. The van der Waals surface area contributed by atoms with Crippen LogP contribution in [0.3, 0.4) is 0 Å². The van der Waals surface area contributed by atoms with E-state index in [0.29, 0.717) is 16.1 Å². The Morgan fingerprint density at radius 3 is 2.77 bits per heavy atom. The fourth-order valence-corrected chi connectivity index (χ4v) is 2.47. The minimum absolute atomic E-state index is 0.0254. The molecule has 7 heteroatoms. The number of hydrogen-bond acceptors (Lipinski definition) is 4. The van der Waals surface area contributed by atoms with E-state index in [-0.39, 0.29) is 20.6 Å². The molecule has 0 amide bonds. The van der Waals surface area contributed by atoms with E-state index in [2.05, 4.69) is 7.96 Å². The summed E-state index contributed by atoms with van der Waals surface area (Å²) < 4.78 is 7.95. The van der Waals surface area contributed by atoms with Crippen molar-refractivity contribution in [2.75, 3.05) is 0 Å². The second-order valence-corrected chi connectivity index (χ2v) is 3.80. The normalized spacial score (nSPS) is 10.5. The Labute approximate surface area is 83.7 Å². The first-order valence-corrected chi connectivity index (χ1v) is 5.16. The zero-order valence-corrected chi connectivity index (χ0v) is 8.57. The quantitative estimate of drug-likeness (QED) is 0.441. The second kappa shape index (κ2) is 3.06. The van der Waals surface area contributed by atoms with Gasteiger partial charge in [0.2, 0.25) is 0 Å². The molecule has 0 radical (unpaired) electrons. The molecule has 1 heterocycles. The third-order valence-electron chi connectivity index (χ3n) is 1.54. The first-order valence-electron chi connectivity index (χ1n) is 3.25. The Morgan fingerprint density at radius 1 is 1.38 bits per heavy atom. The Hall–Kier alpha value is -0.971. The monoisotopic (exact) mass is 263 g/mol. The van der Waals surface area contributed by atoms with Crippen LogP contribution in [0.15, 0.2) is 12.1 Å². The van der Waals surface area contributed by atoms with E-state index in [1.807, 2.05) is 0 Å². The van der Waals surface area contributed by atoms with E-state index in [9.17, 15) is 10.1 Å². The van der Waals surface area contributed by atoms with Crippen LogP contribution in [0.25, 0.3) is 11.0 Å². The molecule has 1 aromatic heterocycles. The fourth-order valence-electron chi connectivity index (χ4n) is 0.971. The van der Waals surface area contributed by atoms with Gasteiger partial charge in [0.15, 0.2) is 0 Å². The van der Waals surface area contributed by atoms with E-state index >= 15 is 0 Å². The van der Waals surface area contributed by atoms with Gasteiger partial charge < -0.3 is 0 Å². The molecule has 2 rings (SSSR count). The van der Waals surface area contributed by atoms with Crippen LogP contribution in [-0.2, 0) is 0 Å². The SMILES string of the molecule is O=[N+]([O-])c1ccc(Cl)c2n[se]nc12. The molecule has 0 aliphatic rings. The average molecular weight is 263 g/mol. The van der Waals surface area contributed by atoms with Gasteiger partial charge in [-0.05, 0) is 0 Å². The number of aromatic nitrogens is 2. The Bertz CT molecular complexity index is 484. The number of nitrogens with zero attached hydrogens (tertiary/aromatic N) is 3. The van der Waals surface area contributed by atoms with Crippen molar-refractivity contribution in [1.82, 2.24) is 7.96 Å². The molecule has 0 bridgehead atoms. The van der Waals surface area contributed by atoms with Crippen LogP contribution in [0.2, 0.25) is 5.02 Å². The summed E-state index contributed by atoms with van der Waals surface area (Å²) >= 11 is 5.49. The van der Waals surface area contributed by atoms with Crippen molar-refractivity contribution in [3.05, 3.63) is 27.3 Å². The summed E-state index contributed by atoms with van der Waals surface area (Å²) in [6, 6.07) is 2.82. The molecule has 13 heavy (non-hydrogen) atoms. The summed E-state index contributed by atoms with van der Waals surface area (Å²) in [5.74, 6) is 0. The number of rotatable bonds is 1. The van der Waals surface area contributed by atoms with E-state index in [0.717, 1.165) is 0 Å². The molecular formula is C6H2ClN3O2Se. The summed E-state index contributed by atoms with van der Waals surface area (Å²) in [5.41, 5.74) is 0.746. The van der Waals surface area contributed by atoms with Crippen LogP contribution in [0.4, 0.5) is 5.69 Å². The van der Waals surface area contributed by atoms with Gasteiger partial charge in [0.05, 0.1) is 0 Å². The van der Waals surface area contributed by atoms with Crippen molar-refractivity contribution in [3.63, 3.8) is 0 Å². The van der Waals surface area contributed by atoms with Crippen molar-refractivity contribution in [3.8, 4) is 0 Å². The van der Waals surface area contributed by atoms with Crippen LogP contribution < -0.4 is 0 Å². The number of hydrogen-bond donors (Lipinski definition) is 0. The molecule has 1 aromatic carbocycles. The van der Waals surface area contributed by atoms with Crippen molar-refractivity contribution < 1.29 is 4.92 Å². The number of halogens is 1. The van der Waals surface area contributed by atoms with Crippen LogP contribution in [-0.4, -0.2) is 27.8 Å². The Morgan fingerprint density at radius 2 is 2.08 bits per heavy atom. The number of benzene rings is 1. The van der Waals surface area contributed by atoms with Gasteiger partial charge in [-0.25, -0.2) is 0 Å². The van der Waals surface area contributed by atoms with Gasteiger partial charge in [-0.2, -0.15) is 0 Å². The van der Waals surface area contributed by atoms with Crippen LogP contribution in [0.1, 0.15) is 0 Å². The average Bonchev–Trinajstić information content (AvgIpc) is 2.53. The third-order valence-corrected chi connectivity index (χ3v) is 2.96. The first-order chi connectivity index (χ1) is 6.20. The second-order valence-electron chi connectivity index (χ2n) is 2.29. The fraction of sp³-hybridized carbons (Fsp3) is 0. The van der Waals surface area contributed by atoms with E-state index < -0.39 is 4.92 Å². The minimum atomic E-state index is -0.477. The van der Waals surface area contributed by atoms with Crippen molar-refractivity contribution in [1.29, 1.82) is 0 Å². The topological polar surface area (TPSA) is 68.9 Å². The van der Waals surface area contributed by atoms with Gasteiger partial charge in [0.1, 0.15) is 0 Å². The molecule has 5 nitrogen and oxygen atoms in total. The molecule has 0 aliphatic heterocycles. The maximum absolute atomic E-state index is 10.5. The van der Waals surface area contributed by atoms with Crippen molar-refractivity contribution >= 4 is 43.3 Å². The number of nitro benzene ring substituents is 1. The summed E-state index contributed by atoms with van der Waals surface area (Å²) in [5, 5.41) is 11.0. The summed E-state index contributed by atoms with van der Waals surface area (Å²) in [7, 11) is 0. The molecule has 0 atom stereocenters. The maximum atomic E-state index is 10.5. The van der Waals surface area contributed by atoms with Gasteiger partial charge in [0, 0.05) is 0 Å². The number of nitro groups is 1. The van der Waals surface area contributed by atoms with Gasteiger partial charge in [-0.3, -0.25) is 0 Å².